The first-order valence-electron chi connectivity index (χ1n) is 10.8. The minimum Gasteiger partial charge on any atom is -0.497 e. The van der Waals surface area contributed by atoms with Gasteiger partial charge in [0.05, 0.1) is 29.1 Å². The molecule has 8 nitrogen and oxygen atoms in total. The van der Waals surface area contributed by atoms with Gasteiger partial charge in [0, 0.05) is 12.1 Å². The number of carbonyl (C=O) groups is 2. The molecule has 2 aromatic rings. The summed E-state index contributed by atoms with van der Waals surface area (Å²) >= 11 is 12.0. The van der Waals surface area contributed by atoms with Gasteiger partial charge in [0.25, 0.3) is 0 Å². The third kappa shape index (κ3) is 8.30. The zero-order chi connectivity index (χ0) is 26.6. The number of nitrogens with one attached hydrogen (secondary N) is 1. The molecule has 1 N–H and O–H groups in total. The summed E-state index contributed by atoms with van der Waals surface area (Å²) in [6, 6.07) is 10.5. The van der Waals surface area contributed by atoms with Gasteiger partial charge in [-0.25, -0.2) is 8.42 Å². The van der Waals surface area contributed by atoms with E-state index < -0.39 is 34.1 Å². The molecule has 0 spiro atoms. The Morgan fingerprint density at radius 1 is 1.06 bits per heavy atom. The summed E-state index contributed by atoms with van der Waals surface area (Å²) in [6.45, 7) is 6.67. The molecule has 0 aromatic heterocycles. The standard InChI is InChI=1S/C24H31Cl2N3O5S/c1-16(23(31)27-24(2,3)4)28(14-17-7-10-19(34-5)11-8-17)22(30)15-29(35(6,32)33)18-9-12-20(25)21(26)13-18/h7-13,16H,14-15H2,1-6H3,(H,27,31)/t16-/m1/s1. The Morgan fingerprint density at radius 3 is 2.14 bits per heavy atom. The van der Waals surface area contributed by atoms with Crippen LogP contribution in [0.4, 0.5) is 5.69 Å². The largest absolute Gasteiger partial charge is 0.497 e. The molecule has 0 aliphatic heterocycles. The maximum atomic E-state index is 13.5. The molecule has 0 unspecified atom stereocenters. The van der Waals surface area contributed by atoms with Crippen LogP contribution in [0.5, 0.6) is 5.75 Å². The Labute approximate surface area is 217 Å². The lowest BCUT2D eigenvalue weighted by Gasteiger charge is -2.33. The number of anilines is 1. The third-order valence-corrected chi connectivity index (χ3v) is 6.93. The Hall–Kier alpha value is -2.49. The van der Waals surface area contributed by atoms with Gasteiger partial charge < -0.3 is 15.0 Å². The maximum Gasteiger partial charge on any atom is 0.244 e. The number of benzene rings is 2. The summed E-state index contributed by atoms with van der Waals surface area (Å²) in [5.41, 5.74) is 0.417. The average Bonchev–Trinajstić information content (AvgIpc) is 2.75. The van der Waals surface area contributed by atoms with Crippen LogP contribution in [-0.2, 0) is 26.2 Å². The predicted molar refractivity (Wildman–Crippen MR) is 140 cm³/mol. The van der Waals surface area contributed by atoms with E-state index in [4.69, 9.17) is 27.9 Å². The summed E-state index contributed by atoms with van der Waals surface area (Å²) in [6.07, 6.45) is 0.992. The fourth-order valence-electron chi connectivity index (χ4n) is 3.24. The number of nitrogens with zero attached hydrogens (tertiary/aromatic N) is 2. The van der Waals surface area contributed by atoms with Crippen LogP contribution >= 0.6 is 23.2 Å². The lowest BCUT2D eigenvalue weighted by Crippen LogP contribution is -2.54. The van der Waals surface area contributed by atoms with Gasteiger partial charge in [-0.3, -0.25) is 13.9 Å². The van der Waals surface area contributed by atoms with Crippen molar-refractivity contribution in [3.8, 4) is 5.75 Å². The van der Waals surface area contributed by atoms with Crippen molar-refractivity contribution in [1.29, 1.82) is 0 Å². The molecule has 192 valence electrons. The van der Waals surface area contributed by atoms with Crippen molar-refractivity contribution in [3.05, 3.63) is 58.1 Å². The average molecular weight is 545 g/mol. The van der Waals surface area contributed by atoms with E-state index >= 15 is 0 Å². The molecule has 35 heavy (non-hydrogen) atoms. The third-order valence-electron chi connectivity index (χ3n) is 5.05. The van der Waals surface area contributed by atoms with E-state index in [0.29, 0.717) is 5.75 Å². The van der Waals surface area contributed by atoms with Crippen molar-refractivity contribution in [1.82, 2.24) is 10.2 Å². The number of carbonyl (C=O) groups excluding carboxylic acids is 2. The van der Waals surface area contributed by atoms with Gasteiger partial charge in [0.15, 0.2) is 0 Å². The first-order valence-corrected chi connectivity index (χ1v) is 13.4. The fraction of sp³-hybridized carbons (Fsp3) is 0.417. The van der Waals surface area contributed by atoms with E-state index in [1.807, 2.05) is 20.8 Å². The molecule has 2 rings (SSSR count). The predicted octanol–water partition coefficient (Wildman–Crippen LogP) is 4.10. The summed E-state index contributed by atoms with van der Waals surface area (Å²) < 4.78 is 31.3. The molecule has 0 bridgehead atoms. The van der Waals surface area contributed by atoms with Gasteiger partial charge in [-0.05, 0) is 63.6 Å². The normalized spacial score (nSPS) is 12.6. The highest BCUT2D eigenvalue weighted by Crippen LogP contribution is 2.28. The number of ether oxygens (including phenoxy) is 1. The van der Waals surface area contributed by atoms with Crippen LogP contribution in [0.25, 0.3) is 0 Å². The molecule has 2 amide bonds. The zero-order valence-corrected chi connectivity index (χ0v) is 23.0. The van der Waals surface area contributed by atoms with Gasteiger partial charge in [0.2, 0.25) is 21.8 Å². The van der Waals surface area contributed by atoms with Gasteiger partial charge in [-0.15, -0.1) is 0 Å². The van der Waals surface area contributed by atoms with Gasteiger partial charge in [-0.2, -0.15) is 0 Å². The Morgan fingerprint density at radius 2 is 1.66 bits per heavy atom. The minimum atomic E-state index is -3.87. The monoisotopic (exact) mass is 543 g/mol. The zero-order valence-electron chi connectivity index (χ0n) is 20.6. The van der Waals surface area contributed by atoms with Crippen LogP contribution in [0.3, 0.4) is 0 Å². The highest BCUT2D eigenvalue weighted by atomic mass is 35.5. The molecule has 0 saturated carbocycles. The molecule has 2 aromatic carbocycles. The number of sulfonamides is 1. The fourth-order valence-corrected chi connectivity index (χ4v) is 4.37. The van der Waals surface area contributed by atoms with Gasteiger partial charge in [-0.1, -0.05) is 35.3 Å². The molecular formula is C24H31Cl2N3O5S. The number of hydrogen-bond donors (Lipinski definition) is 1. The van der Waals surface area contributed by atoms with Crippen LogP contribution in [0.2, 0.25) is 10.0 Å². The molecule has 0 fully saturated rings. The molecule has 1 atom stereocenters. The summed E-state index contributed by atoms with van der Waals surface area (Å²) in [4.78, 5) is 27.8. The molecule has 0 saturated heterocycles. The van der Waals surface area contributed by atoms with Gasteiger partial charge in [0.1, 0.15) is 18.3 Å². The summed E-state index contributed by atoms with van der Waals surface area (Å²) in [5, 5.41) is 3.28. The number of hydrogen-bond acceptors (Lipinski definition) is 5. The summed E-state index contributed by atoms with van der Waals surface area (Å²) in [5.74, 6) is -0.276. The number of rotatable bonds is 9. The van der Waals surface area contributed by atoms with Crippen LogP contribution in [0.1, 0.15) is 33.3 Å². The van der Waals surface area contributed by atoms with E-state index in [2.05, 4.69) is 5.32 Å². The Kier molecular flexibility index (Phi) is 9.44. The van der Waals surface area contributed by atoms with E-state index in [9.17, 15) is 18.0 Å². The lowest BCUT2D eigenvalue weighted by molar-refractivity contribution is -0.140. The number of methoxy groups -OCH3 is 1. The lowest BCUT2D eigenvalue weighted by atomic mass is 10.1. The maximum absolute atomic E-state index is 13.5. The molecular weight excluding hydrogens is 513 g/mol. The van der Waals surface area contributed by atoms with E-state index in [0.717, 1.165) is 16.1 Å². The van der Waals surface area contributed by atoms with Crippen molar-refractivity contribution >= 4 is 50.7 Å². The molecule has 0 heterocycles. The van der Waals surface area contributed by atoms with Crippen LogP contribution in [-0.4, -0.2) is 56.6 Å². The molecule has 0 aliphatic rings. The second kappa shape index (κ2) is 11.5. The van der Waals surface area contributed by atoms with Crippen LogP contribution in [0.15, 0.2) is 42.5 Å². The second-order valence-electron chi connectivity index (χ2n) is 9.15. The molecule has 0 radical (unpaired) electrons. The summed E-state index contributed by atoms with van der Waals surface area (Å²) in [7, 11) is -2.32. The van der Waals surface area contributed by atoms with Crippen LogP contribution in [0, 0.1) is 0 Å². The van der Waals surface area contributed by atoms with Crippen molar-refractivity contribution in [2.24, 2.45) is 0 Å². The quantitative estimate of drug-likeness (QED) is 0.513. The van der Waals surface area contributed by atoms with Crippen LogP contribution < -0.4 is 14.4 Å². The highest BCUT2D eigenvalue weighted by molar-refractivity contribution is 7.92. The van der Waals surface area contributed by atoms with E-state index in [-0.39, 0.29) is 28.2 Å². The van der Waals surface area contributed by atoms with Crippen molar-refractivity contribution < 1.29 is 22.7 Å². The minimum absolute atomic E-state index is 0.0839. The Balaban J connectivity index is 2.42. The van der Waals surface area contributed by atoms with Gasteiger partial charge >= 0.3 is 0 Å². The van der Waals surface area contributed by atoms with E-state index in [1.54, 1.807) is 38.3 Å². The van der Waals surface area contributed by atoms with Crippen molar-refractivity contribution in [3.63, 3.8) is 0 Å². The topological polar surface area (TPSA) is 96.0 Å². The SMILES string of the molecule is COc1ccc(CN(C(=O)CN(c2ccc(Cl)c(Cl)c2)S(C)(=O)=O)[C@H](C)C(=O)NC(C)(C)C)cc1. The first kappa shape index (κ1) is 28.7. The number of halogens is 2. The van der Waals surface area contributed by atoms with Crippen molar-refractivity contribution in [2.75, 3.05) is 24.2 Å². The molecule has 11 heteroatoms. The first-order chi connectivity index (χ1) is 16.1. The van der Waals surface area contributed by atoms with E-state index in [1.165, 1.54) is 23.1 Å². The smallest absolute Gasteiger partial charge is 0.244 e. The molecule has 0 aliphatic carbocycles. The second-order valence-corrected chi connectivity index (χ2v) is 11.9. The highest BCUT2D eigenvalue weighted by Gasteiger charge is 2.31. The van der Waals surface area contributed by atoms with Crippen molar-refractivity contribution in [2.45, 2.75) is 45.8 Å². The number of amides is 2. The Bertz CT molecular complexity index is 1160.